The van der Waals surface area contributed by atoms with Crippen molar-refractivity contribution >= 4 is 15.9 Å². The number of rotatable bonds is 6. The van der Waals surface area contributed by atoms with Crippen LogP contribution < -0.4 is 10.1 Å². The molecule has 0 saturated carbocycles. The Morgan fingerprint density at radius 1 is 1.35 bits per heavy atom. The van der Waals surface area contributed by atoms with Crippen molar-refractivity contribution in [3.63, 3.8) is 0 Å². The van der Waals surface area contributed by atoms with E-state index in [0.717, 1.165) is 23.2 Å². The Balaban J connectivity index is 2.28. The molecule has 2 aromatic rings. The highest BCUT2D eigenvalue weighted by Crippen LogP contribution is 2.29. The van der Waals surface area contributed by atoms with Crippen molar-refractivity contribution in [3.8, 4) is 5.75 Å². The standard InChI is InChI=1S/C16H19BrN2O/c1-3-19-16(9-12-5-4-8-18-11-12)14-10-13(20-2)6-7-15(14)17/h4-8,10-11,16,19H,3,9H2,1-2H3. The number of hydrogen-bond donors (Lipinski definition) is 1. The number of pyridine rings is 1. The van der Waals surface area contributed by atoms with Crippen LogP contribution in [0, 0.1) is 0 Å². The number of ether oxygens (including phenoxy) is 1. The number of benzene rings is 1. The van der Waals surface area contributed by atoms with E-state index in [2.05, 4.69) is 45.3 Å². The Kier molecular flexibility index (Phi) is 5.56. The van der Waals surface area contributed by atoms with E-state index in [1.54, 1.807) is 13.3 Å². The fourth-order valence-corrected chi connectivity index (χ4v) is 2.73. The highest BCUT2D eigenvalue weighted by Gasteiger charge is 2.15. The predicted octanol–water partition coefficient (Wildman–Crippen LogP) is 3.75. The predicted molar refractivity (Wildman–Crippen MR) is 85.1 cm³/mol. The van der Waals surface area contributed by atoms with Crippen LogP contribution in [-0.4, -0.2) is 18.6 Å². The fraction of sp³-hybridized carbons (Fsp3) is 0.312. The molecule has 1 heterocycles. The number of aromatic nitrogens is 1. The minimum atomic E-state index is 0.230. The molecule has 1 aromatic heterocycles. The van der Waals surface area contributed by atoms with Gasteiger partial charge >= 0.3 is 0 Å². The van der Waals surface area contributed by atoms with Crippen molar-refractivity contribution in [2.24, 2.45) is 0 Å². The van der Waals surface area contributed by atoms with Gasteiger partial charge in [0.1, 0.15) is 5.75 Å². The lowest BCUT2D eigenvalue weighted by Gasteiger charge is -2.20. The van der Waals surface area contributed by atoms with Crippen LogP contribution in [0.3, 0.4) is 0 Å². The summed E-state index contributed by atoms with van der Waals surface area (Å²) < 4.78 is 6.42. The largest absolute Gasteiger partial charge is 0.497 e. The van der Waals surface area contributed by atoms with Crippen molar-refractivity contribution in [3.05, 3.63) is 58.3 Å². The maximum absolute atomic E-state index is 5.33. The topological polar surface area (TPSA) is 34.2 Å². The van der Waals surface area contributed by atoms with Gasteiger partial charge in [-0.2, -0.15) is 0 Å². The molecule has 1 aromatic carbocycles. The van der Waals surface area contributed by atoms with Gasteiger partial charge in [0.05, 0.1) is 7.11 Å². The summed E-state index contributed by atoms with van der Waals surface area (Å²) in [6.45, 7) is 3.03. The number of halogens is 1. The number of nitrogens with zero attached hydrogens (tertiary/aromatic N) is 1. The summed E-state index contributed by atoms with van der Waals surface area (Å²) in [4.78, 5) is 4.18. The quantitative estimate of drug-likeness (QED) is 0.873. The van der Waals surface area contributed by atoms with E-state index in [1.807, 2.05) is 24.4 Å². The van der Waals surface area contributed by atoms with Crippen LogP contribution in [0.2, 0.25) is 0 Å². The second-order valence-corrected chi connectivity index (χ2v) is 5.42. The molecule has 20 heavy (non-hydrogen) atoms. The molecule has 0 spiro atoms. The van der Waals surface area contributed by atoms with Crippen LogP contribution in [0.25, 0.3) is 0 Å². The molecule has 0 aliphatic heterocycles. The van der Waals surface area contributed by atoms with E-state index in [0.29, 0.717) is 0 Å². The molecule has 0 radical (unpaired) electrons. The van der Waals surface area contributed by atoms with E-state index < -0.39 is 0 Å². The fourth-order valence-electron chi connectivity index (χ4n) is 2.21. The monoisotopic (exact) mass is 334 g/mol. The molecule has 0 bridgehead atoms. The molecule has 106 valence electrons. The van der Waals surface area contributed by atoms with Crippen molar-refractivity contribution < 1.29 is 4.74 Å². The summed E-state index contributed by atoms with van der Waals surface area (Å²) in [5.74, 6) is 0.872. The second-order valence-electron chi connectivity index (χ2n) is 4.56. The summed E-state index contributed by atoms with van der Waals surface area (Å²) >= 11 is 3.63. The minimum absolute atomic E-state index is 0.230. The summed E-state index contributed by atoms with van der Waals surface area (Å²) in [5.41, 5.74) is 2.42. The van der Waals surface area contributed by atoms with Crippen molar-refractivity contribution in [1.82, 2.24) is 10.3 Å². The summed E-state index contributed by atoms with van der Waals surface area (Å²) in [6.07, 6.45) is 4.61. The SMILES string of the molecule is CCNC(Cc1cccnc1)c1cc(OC)ccc1Br. The van der Waals surface area contributed by atoms with Gasteiger partial charge in [0.25, 0.3) is 0 Å². The normalized spacial score (nSPS) is 12.2. The van der Waals surface area contributed by atoms with Crippen LogP contribution in [0.15, 0.2) is 47.2 Å². The first-order valence-electron chi connectivity index (χ1n) is 6.70. The molecule has 0 amide bonds. The molecule has 1 unspecified atom stereocenters. The Morgan fingerprint density at radius 3 is 2.85 bits per heavy atom. The lowest BCUT2D eigenvalue weighted by Crippen LogP contribution is -2.23. The maximum atomic E-state index is 5.33. The van der Waals surface area contributed by atoms with Crippen LogP contribution >= 0.6 is 15.9 Å². The summed E-state index contributed by atoms with van der Waals surface area (Å²) in [7, 11) is 1.69. The zero-order valence-electron chi connectivity index (χ0n) is 11.8. The summed E-state index contributed by atoms with van der Waals surface area (Å²) in [5, 5.41) is 3.53. The first-order chi connectivity index (χ1) is 9.74. The Morgan fingerprint density at radius 2 is 2.20 bits per heavy atom. The van der Waals surface area contributed by atoms with Gasteiger partial charge in [0.15, 0.2) is 0 Å². The van der Waals surface area contributed by atoms with Gasteiger partial charge in [0.2, 0.25) is 0 Å². The Labute approximate surface area is 128 Å². The number of hydrogen-bond acceptors (Lipinski definition) is 3. The smallest absolute Gasteiger partial charge is 0.119 e. The minimum Gasteiger partial charge on any atom is -0.497 e. The number of methoxy groups -OCH3 is 1. The average molecular weight is 335 g/mol. The lowest BCUT2D eigenvalue weighted by molar-refractivity contribution is 0.412. The van der Waals surface area contributed by atoms with Crippen molar-refractivity contribution in [2.75, 3.05) is 13.7 Å². The van der Waals surface area contributed by atoms with E-state index in [1.165, 1.54) is 11.1 Å². The molecule has 0 saturated heterocycles. The Bertz CT molecular complexity index is 545. The van der Waals surface area contributed by atoms with Gasteiger partial charge in [-0.15, -0.1) is 0 Å². The average Bonchev–Trinajstić information content (AvgIpc) is 2.48. The zero-order valence-corrected chi connectivity index (χ0v) is 13.4. The third kappa shape index (κ3) is 3.81. The molecule has 4 heteroatoms. The van der Waals surface area contributed by atoms with E-state index in [9.17, 15) is 0 Å². The van der Waals surface area contributed by atoms with Gasteiger partial charge in [-0.05, 0) is 48.4 Å². The lowest BCUT2D eigenvalue weighted by atomic mass is 9.99. The van der Waals surface area contributed by atoms with Crippen LogP contribution in [-0.2, 0) is 6.42 Å². The van der Waals surface area contributed by atoms with Crippen molar-refractivity contribution in [1.29, 1.82) is 0 Å². The van der Waals surface area contributed by atoms with Gasteiger partial charge < -0.3 is 10.1 Å². The molecule has 1 atom stereocenters. The van der Waals surface area contributed by atoms with E-state index in [-0.39, 0.29) is 6.04 Å². The first-order valence-corrected chi connectivity index (χ1v) is 7.49. The number of likely N-dealkylation sites (N-methyl/N-ethyl adjacent to an activating group) is 1. The van der Waals surface area contributed by atoms with Crippen LogP contribution in [0.4, 0.5) is 0 Å². The molecule has 2 rings (SSSR count). The van der Waals surface area contributed by atoms with Gasteiger partial charge in [0, 0.05) is 22.9 Å². The van der Waals surface area contributed by atoms with E-state index in [4.69, 9.17) is 4.74 Å². The maximum Gasteiger partial charge on any atom is 0.119 e. The van der Waals surface area contributed by atoms with Crippen LogP contribution in [0.5, 0.6) is 5.75 Å². The zero-order chi connectivity index (χ0) is 14.4. The molecule has 1 N–H and O–H groups in total. The Hall–Kier alpha value is -1.39. The highest BCUT2D eigenvalue weighted by molar-refractivity contribution is 9.10. The van der Waals surface area contributed by atoms with Gasteiger partial charge in [-0.3, -0.25) is 4.98 Å². The molecule has 0 aliphatic carbocycles. The second kappa shape index (κ2) is 7.41. The van der Waals surface area contributed by atoms with Gasteiger partial charge in [-0.1, -0.05) is 28.9 Å². The van der Waals surface area contributed by atoms with E-state index >= 15 is 0 Å². The molecular weight excluding hydrogens is 316 g/mol. The first kappa shape index (κ1) is 15.0. The molecule has 0 aliphatic rings. The highest BCUT2D eigenvalue weighted by atomic mass is 79.9. The summed E-state index contributed by atoms with van der Waals surface area (Å²) in [6, 6.07) is 10.4. The van der Waals surface area contributed by atoms with Crippen molar-refractivity contribution in [2.45, 2.75) is 19.4 Å². The van der Waals surface area contributed by atoms with Gasteiger partial charge in [-0.25, -0.2) is 0 Å². The third-order valence-corrected chi connectivity index (χ3v) is 3.91. The third-order valence-electron chi connectivity index (χ3n) is 3.19. The van der Waals surface area contributed by atoms with Crippen LogP contribution in [0.1, 0.15) is 24.1 Å². The molecule has 3 nitrogen and oxygen atoms in total. The molecular formula is C16H19BrN2O. The molecule has 0 fully saturated rings. The number of nitrogens with one attached hydrogen (secondary N) is 1.